The molecule has 0 radical (unpaired) electrons. The van der Waals surface area contributed by atoms with Crippen LogP contribution in [0.5, 0.6) is 0 Å². The Bertz CT molecular complexity index is 965. The molecule has 0 spiro atoms. The van der Waals surface area contributed by atoms with Crippen molar-refractivity contribution in [1.29, 1.82) is 0 Å². The van der Waals surface area contributed by atoms with Crippen molar-refractivity contribution < 1.29 is 0 Å². The minimum absolute atomic E-state index is 0.278. The van der Waals surface area contributed by atoms with Crippen molar-refractivity contribution in [3.05, 3.63) is 70.8 Å². The molecule has 0 saturated carbocycles. The van der Waals surface area contributed by atoms with Gasteiger partial charge in [0.1, 0.15) is 5.84 Å². The Hall–Kier alpha value is -2.39. The highest BCUT2D eigenvalue weighted by Crippen LogP contribution is 2.34. The van der Waals surface area contributed by atoms with Gasteiger partial charge in [-0.15, -0.1) is 0 Å². The van der Waals surface area contributed by atoms with E-state index in [0.717, 1.165) is 43.9 Å². The SMILES string of the molecule is CN=CCN1CCN=C1C1CC=CC(Cl)=C1CCc1cccc2ccccc12. The lowest BCUT2D eigenvalue weighted by atomic mass is 9.85. The molecule has 144 valence electrons. The third-order valence-electron chi connectivity index (χ3n) is 5.67. The summed E-state index contributed by atoms with van der Waals surface area (Å²) in [7, 11) is 1.82. The van der Waals surface area contributed by atoms with Gasteiger partial charge in [0.05, 0.1) is 13.1 Å². The van der Waals surface area contributed by atoms with Crippen molar-refractivity contribution in [3.8, 4) is 0 Å². The van der Waals surface area contributed by atoms with E-state index in [2.05, 4.69) is 64.5 Å². The largest absolute Gasteiger partial charge is 0.353 e. The molecule has 0 saturated heterocycles. The molecule has 0 fully saturated rings. The summed E-state index contributed by atoms with van der Waals surface area (Å²) in [4.78, 5) is 11.3. The quantitative estimate of drug-likeness (QED) is 0.617. The monoisotopic (exact) mass is 391 g/mol. The summed E-state index contributed by atoms with van der Waals surface area (Å²) < 4.78 is 0. The van der Waals surface area contributed by atoms with Crippen LogP contribution in [0.15, 0.2) is 75.2 Å². The molecule has 2 aromatic carbocycles. The fourth-order valence-corrected chi connectivity index (χ4v) is 4.57. The van der Waals surface area contributed by atoms with Crippen molar-refractivity contribution in [2.75, 3.05) is 26.7 Å². The minimum Gasteiger partial charge on any atom is -0.353 e. The molecule has 2 aliphatic rings. The molecule has 1 aliphatic carbocycles. The molecular weight excluding hydrogens is 366 g/mol. The van der Waals surface area contributed by atoms with Crippen LogP contribution < -0.4 is 0 Å². The van der Waals surface area contributed by atoms with Crippen LogP contribution in [0.25, 0.3) is 10.8 Å². The van der Waals surface area contributed by atoms with Crippen molar-refractivity contribution in [1.82, 2.24) is 4.90 Å². The van der Waals surface area contributed by atoms with Gasteiger partial charge in [-0.3, -0.25) is 9.98 Å². The maximum atomic E-state index is 6.69. The van der Waals surface area contributed by atoms with E-state index in [9.17, 15) is 0 Å². The Labute approximate surface area is 172 Å². The van der Waals surface area contributed by atoms with E-state index in [-0.39, 0.29) is 5.92 Å². The highest BCUT2D eigenvalue weighted by Gasteiger charge is 2.29. The topological polar surface area (TPSA) is 28.0 Å². The van der Waals surface area contributed by atoms with Crippen molar-refractivity contribution in [3.63, 3.8) is 0 Å². The van der Waals surface area contributed by atoms with Crippen molar-refractivity contribution in [2.45, 2.75) is 19.3 Å². The van der Waals surface area contributed by atoms with Gasteiger partial charge in [-0.05, 0) is 47.2 Å². The van der Waals surface area contributed by atoms with Crippen LogP contribution in [-0.2, 0) is 6.42 Å². The first kappa shape index (κ1) is 18.9. The second-order valence-corrected chi connectivity index (χ2v) is 7.74. The summed E-state index contributed by atoms with van der Waals surface area (Å²) in [6, 6.07) is 15.2. The molecule has 0 N–H and O–H groups in total. The molecular formula is C24H26ClN3. The number of fused-ring (bicyclic) bond motifs is 1. The molecule has 0 bridgehead atoms. The lowest BCUT2D eigenvalue weighted by Gasteiger charge is -2.29. The van der Waals surface area contributed by atoms with Crippen LogP contribution in [0.3, 0.4) is 0 Å². The number of rotatable bonds is 6. The van der Waals surface area contributed by atoms with Gasteiger partial charge >= 0.3 is 0 Å². The van der Waals surface area contributed by atoms with E-state index >= 15 is 0 Å². The van der Waals surface area contributed by atoms with Gasteiger partial charge in [0, 0.05) is 30.8 Å². The van der Waals surface area contributed by atoms with E-state index in [1.165, 1.54) is 27.7 Å². The number of aliphatic imine (C=N–C) groups is 2. The Balaban J connectivity index is 1.57. The summed E-state index contributed by atoms with van der Waals surface area (Å²) in [5.41, 5.74) is 2.70. The number of halogens is 1. The lowest BCUT2D eigenvalue weighted by Crippen LogP contribution is -2.36. The third kappa shape index (κ3) is 3.90. The summed E-state index contributed by atoms with van der Waals surface area (Å²) in [6.45, 7) is 2.65. The zero-order valence-electron chi connectivity index (χ0n) is 16.3. The number of nitrogens with zero attached hydrogens (tertiary/aromatic N) is 3. The third-order valence-corrected chi connectivity index (χ3v) is 6.04. The van der Waals surface area contributed by atoms with Crippen LogP contribution >= 0.6 is 11.6 Å². The van der Waals surface area contributed by atoms with Crippen LogP contribution in [0.4, 0.5) is 0 Å². The normalized spacial score (nSPS) is 19.9. The van der Waals surface area contributed by atoms with Gasteiger partial charge in [-0.25, -0.2) is 0 Å². The van der Waals surface area contributed by atoms with E-state index in [1.54, 1.807) is 0 Å². The average Bonchev–Trinajstić information content (AvgIpc) is 3.19. The van der Waals surface area contributed by atoms with Gasteiger partial charge < -0.3 is 4.90 Å². The summed E-state index contributed by atoms with van der Waals surface area (Å²) >= 11 is 6.69. The fourth-order valence-electron chi connectivity index (χ4n) is 4.25. The molecule has 0 aromatic heterocycles. The standard InChI is InChI=1S/C24H26ClN3/c1-26-14-16-28-17-15-27-24(28)22-10-5-11-23(25)21(22)13-12-19-8-4-7-18-6-2-3-9-20(18)19/h2-9,11,14,22H,10,12-13,15-17H2,1H3. The van der Waals surface area contributed by atoms with Crippen molar-refractivity contribution in [2.24, 2.45) is 15.9 Å². The van der Waals surface area contributed by atoms with E-state index < -0.39 is 0 Å². The number of hydrogen-bond donors (Lipinski definition) is 0. The number of amidine groups is 1. The van der Waals surface area contributed by atoms with Gasteiger partial charge in [-0.1, -0.05) is 60.1 Å². The number of benzene rings is 2. The van der Waals surface area contributed by atoms with Gasteiger partial charge in [-0.2, -0.15) is 0 Å². The average molecular weight is 392 g/mol. The Kier molecular flexibility index (Phi) is 5.92. The summed E-state index contributed by atoms with van der Waals surface area (Å²) in [6.07, 6.45) is 9.11. The zero-order valence-corrected chi connectivity index (χ0v) is 17.1. The second kappa shape index (κ2) is 8.74. The highest BCUT2D eigenvalue weighted by molar-refractivity contribution is 6.32. The molecule has 1 heterocycles. The maximum absolute atomic E-state index is 6.69. The van der Waals surface area contributed by atoms with Crippen LogP contribution in [0, 0.1) is 5.92 Å². The predicted octanol–water partition coefficient (Wildman–Crippen LogP) is 5.26. The second-order valence-electron chi connectivity index (χ2n) is 7.33. The Morgan fingerprint density at radius 1 is 1.18 bits per heavy atom. The first-order chi connectivity index (χ1) is 13.8. The molecule has 1 unspecified atom stereocenters. The molecule has 4 rings (SSSR count). The molecule has 28 heavy (non-hydrogen) atoms. The fraction of sp³-hybridized carbons (Fsp3) is 0.333. The smallest absolute Gasteiger partial charge is 0.107 e. The van der Waals surface area contributed by atoms with Crippen molar-refractivity contribution >= 4 is 34.4 Å². The van der Waals surface area contributed by atoms with Gasteiger partial charge in [0.25, 0.3) is 0 Å². The highest BCUT2D eigenvalue weighted by atomic mass is 35.5. The first-order valence-corrected chi connectivity index (χ1v) is 10.4. The summed E-state index contributed by atoms with van der Waals surface area (Å²) in [5, 5.41) is 3.52. The maximum Gasteiger partial charge on any atom is 0.107 e. The number of hydrogen-bond acceptors (Lipinski definition) is 3. The first-order valence-electron chi connectivity index (χ1n) is 9.99. The Morgan fingerprint density at radius 2 is 2.04 bits per heavy atom. The molecule has 4 heteroatoms. The van der Waals surface area contributed by atoms with Crippen LogP contribution in [0.1, 0.15) is 18.4 Å². The molecule has 1 aliphatic heterocycles. The van der Waals surface area contributed by atoms with Gasteiger partial charge in [0.15, 0.2) is 0 Å². The van der Waals surface area contributed by atoms with E-state index in [1.807, 2.05) is 13.3 Å². The Morgan fingerprint density at radius 3 is 2.93 bits per heavy atom. The molecule has 0 amide bonds. The van der Waals surface area contributed by atoms with Crippen LogP contribution in [0.2, 0.25) is 0 Å². The predicted molar refractivity (Wildman–Crippen MR) is 121 cm³/mol. The number of aryl methyl sites for hydroxylation is 1. The molecule has 2 aromatic rings. The lowest BCUT2D eigenvalue weighted by molar-refractivity contribution is 0.494. The van der Waals surface area contributed by atoms with E-state index in [0.29, 0.717) is 0 Å². The zero-order chi connectivity index (χ0) is 19.3. The molecule has 3 nitrogen and oxygen atoms in total. The summed E-state index contributed by atoms with van der Waals surface area (Å²) in [5.74, 6) is 1.45. The molecule has 1 atom stereocenters. The van der Waals surface area contributed by atoms with Crippen LogP contribution in [-0.4, -0.2) is 43.6 Å². The number of allylic oxidation sites excluding steroid dienone is 3. The minimum atomic E-state index is 0.278. The van der Waals surface area contributed by atoms with Gasteiger partial charge in [0.2, 0.25) is 0 Å². The van der Waals surface area contributed by atoms with E-state index in [4.69, 9.17) is 16.6 Å².